The van der Waals surface area contributed by atoms with Gasteiger partial charge in [-0.25, -0.2) is 13.1 Å². The Kier molecular flexibility index (Phi) is 5.71. The molecule has 2 rings (SSSR count). The molecule has 0 unspecified atom stereocenters. The number of rotatable bonds is 5. The fourth-order valence-corrected chi connectivity index (χ4v) is 3.17. The molecule has 1 aromatic heterocycles. The molecule has 26 heavy (non-hydrogen) atoms. The molecule has 0 fully saturated rings. The van der Waals surface area contributed by atoms with Gasteiger partial charge in [-0.2, -0.15) is 5.10 Å². The molecule has 0 aliphatic heterocycles. The zero-order valence-electron chi connectivity index (χ0n) is 15.7. The molecule has 7 heteroatoms. The molecule has 140 valence electrons. The van der Waals surface area contributed by atoms with Crippen LogP contribution in [0.4, 0.5) is 0 Å². The van der Waals surface area contributed by atoms with E-state index in [0.29, 0.717) is 0 Å². The molecule has 0 aliphatic carbocycles. The van der Waals surface area contributed by atoms with E-state index in [2.05, 4.69) is 5.10 Å². The van der Waals surface area contributed by atoms with Gasteiger partial charge in [-0.15, -0.1) is 0 Å². The summed E-state index contributed by atoms with van der Waals surface area (Å²) in [5.41, 5.74) is 1.37. The summed E-state index contributed by atoms with van der Waals surface area (Å²) in [6, 6.07) is 10.6. The average molecular weight is 375 g/mol. The van der Waals surface area contributed by atoms with Gasteiger partial charge in [0.15, 0.2) is 5.69 Å². The number of hydrogen-bond donors (Lipinski definition) is 1. The van der Waals surface area contributed by atoms with Crippen molar-refractivity contribution in [1.82, 2.24) is 14.5 Å². The summed E-state index contributed by atoms with van der Waals surface area (Å²) >= 11 is 0. The molecule has 0 radical (unpaired) electrons. The summed E-state index contributed by atoms with van der Waals surface area (Å²) in [5.74, 6) is -0.592. The normalized spacial score (nSPS) is 12.7. The average Bonchev–Trinajstić information content (AvgIpc) is 3.00. The highest BCUT2D eigenvalue weighted by atomic mass is 32.2. The zero-order valence-corrected chi connectivity index (χ0v) is 16.5. The number of sulfonamides is 1. The SMILES string of the molecule is CC(C)c1cc(C(=O)NS(=O)(=O)/C=C/c2ccccc2)nn1C(C)(C)C. The van der Waals surface area contributed by atoms with Crippen molar-refractivity contribution in [2.45, 2.75) is 46.1 Å². The van der Waals surface area contributed by atoms with Crippen LogP contribution in [0.2, 0.25) is 0 Å². The zero-order chi connectivity index (χ0) is 19.5. The lowest BCUT2D eigenvalue weighted by atomic mass is 10.1. The highest BCUT2D eigenvalue weighted by Crippen LogP contribution is 2.23. The molecule has 0 bridgehead atoms. The third kappa shape index (κ3) is 5.05. The van der Waals surface area contributed by atoms with Crippen molar-refractivity contribution in [3.05, 3.63) is 58.8 Å². The molecule has 6 nitrogen and oxygen atoms in total. The second kappa shape index (κ2) is 7.45. The van der Waals surface area contributed by atoms with Crippen LogP contribution < -0.4 is 4.72 Å². The quantitative estimate of drug-likeness (QED) is 0.867. The Bertz CT molecular complexity index is 905. The summed E-state index contributed by atoms with van der Waals surface area (Å²) in [5, 5.41) is 5.30. The second-order valence-corrected chi connectivity index (χ2v) is 8.95. The Labute approximate surface area is 155 Å². The molecule has 1 amide bonds. The molecule has 0 aliphatic rings. The molecular formula is C19H25N3O3S. The van der Waals surface area contributed by atoms with Crippen LogP contribution in [0, 0.1) is 0 Å². The van der Waals surface area contributed by atoms with E-state index in [1.54, 1.807) is 35.0 Å². The lowest BCUT2D eigenvalue weighted by Gasteiger charge is -2.23. The van der Waals surface area contributed by atoms with E-state index in [1.807, 2.05) is 45.4 Å². The van der Waals surface area contributed by atoms with E-state index in [4.69, 9.17) is 0 Å². The van der Waals surface area contributed by atoms with Gasteiger partial charge in [0, 0.05) is 5.69 Å². The molecular weight excluding hydrogens is 350 g/mol. The van der Waals surface area contributed by atoms with Crippen LogP contribution in [-0.2, 0) is 15.6 Å². The Morgan fingerprint density at radius 1 is 1.19 bits per heavy atom. The van der Waals surface area contributed by atoms with Crippen molar-refractivity contribution >= 4 is 22.0 Å². The predicted molar refractivity (Wildman–Crippen MR) is 103 cm³/mol. The van der Waals surface area contributed by atoms with Gasteiger partial charge < -0.3 is 0 Å². The number of aromatic nitrogens is 2. The fourth-order valence-electron chi connectivity index (χ4n) is 2.40. The first-order chi connectivity index (χ1) is 12.0. The Hall–Kier alpha value is -2.41. The number of benzene rings is 1. The van der Waals surface area contributed by atoms with Crippen LogP contribution in [0.3, 0.4) is 0 Å². The molecule has 0 saturated heterocycles. The summed E-state index contributed by atoms with van der Waals surface area (Å²) in [7, 11) is -3.92. The fraction of sp³-hybridized carbons (Fsp3) is 0.368. The molecule has 2 aromatic rings. The van der Waals surface area contributed by atoms with Crippen molar-refractivity contribution in [2.75, 3.05) is 0 Å². The van der Waals surface area contributed by atoms with Crippen molar-refractivity contribution in [2.24, 2.45) is 0 Å². The predicted octanol–water partition coefficient (Wildman–Crippen LogP) is 3.49. The lowest BCUT2D eigenvalue weighted by molar-refractivity contribution is 0.0975. The minimum absolute atomic E-state index is 0.0836. The van der Waals surface area contributed by atoms with Crippen LogP contribution in [0.5, 0.6) is 0 Å². The highest BCUT2D eigenvalue weighted by molar-refractivity contribution is 7.93. The lowest BCUT2D eigenvalue weighted by Crippen LogP contribution is -2.30. The first-order valence-electron chi connectivity index (χ1n) is 8.40. The van der Waals surface area contributed by atoms with E-state index < -0.39 is 15.9 Å². The third-order valence-electron chi connectivity index (χ3n) is 3.67. The van der Waals surface area contributed by atoms with Gasteiger partial charge in [0.25, 0.3) is 15.9 Å². The molecule has 1 heterocycles. The van der Waals surface area contributed by atoms with Crippen molar-refractivity contribution < 1.29 is 13.2 Å². The number of nitrogens with zero attached hydrogens (tertiary/aromatic N) is 2. The standard InChI is InChI=1S/C19H25N3O3S/c1-14(2)17-13-16(20-22(17)19(3,4)5)18(23)21-26(24,25)12-11-15-9-7-6-8-10-15/h6-14H,1-5H3,(H,21,23)/b12-11+. The van der Waals surface area contributed by atoms with Crippen LogP contribution in [0.15, 0.2) is 41.8 Å². The van der Waals surface area contributed by atoms with Crippen LogP contribution in [0.25, 0.3) is 6.08 Å². The highest BCUT2D eigenvalue weighted by Gasteiger charge is 2.24. The van der Waals surface area contributed by atoms with Crippen LogP contribution >= 0.6 is 0 Å². The minimum atomic E-state index is -3.92. The Morgan fingerprint density at radius 2 is 1.81 bits per heavy atom. The number of carbonyl (C=O) groups excluding carboxylic acids is 1. The third-order valence-corrected chi connectivity index (χ3v) is 4.63. The maximum Gasteiger partial charge on any atom is 0.285 e. The minimum Gasteiger partial charge on any atom is -0.266 e. The van der Waals surface area contributed by atoms with E-state index >= 15 is 0 Å². The summed E-state index contributed by atoms with van der Waals surface area (Å²) in [6.45, 7) is 9.94. The van der Waals surface area contributed by atoms with Crippen molar-refractivity contribution in [3.63, 3.8) is 0 Å². The van der Waals surface area contributed by atoms with Gasteiger partial charge in [-0.1, -0.05) is 44.2 Å². The number of hydrogen-bond acceptors (Lipinski definition) is 4. The largest absolute Gasteiger partial charge is 0.285 e. The van der Waals surface area contributed by atoms with Crippen molar-refractivity contribution in [3.8, 4) is 0 Å². The monoisotopic (exact) mass is 375 g/mol. The van der Waals surface area contributed by atoms with Crippen LogP contribution in [-0.4, -0.2) is 24.1 Å². The molecule has 1 aromatic carbocycles. The van der Waals surface area contributed by atoms with Gasteiger partial charge in [0.05, 0.1) is 10.9 Å². The van der Waals surface area contributed by atoms with E-state index in [-0.39, 0.29) is 17.2 Å². The first kappa shape index (κ1) is 19.9. The summed E-state index contributed by atoms with van der Waals surface area (Å²) in [6.07, 6.45) is 1.43. The molecule has 0 spiro atoms. The van der Waals surface area contributed by atoms with E-state index in [0.717, 1.165) is 16.7 Å². The number of nitrogens with one attached hydrogen (secondary N) is 1. The topological polar surface area (TPSA) is 81.1 Å². The Morgan fingerprint density at radius 3 is 2.31 bits per heavy atom. The molecule has 0 atom stereocenters. The van der Waals surface area contributed by atoms with Gasteiger partial charge >= 0.3 is 0 Å². The maximum atomic E-state index is 12.4. The number of carbonyl (C=O) groups is 1. The maximum absolute atomic E-state index is 12.4. The Balaban J connectivity index is 2.23. The second-order valence-electron chi connectivity index (χ2n) is 7.38. The van der Waals surface area contributed by atoms with Gasteiger partial charge in [-0.3, -0.25) is 9.48 Å². The van der Waals surface area contributed by atoms with Gasteiger partial charge in [0.2, 0.25) is 0 Å². The van der Waals surface area contributed by atoms with Crippen molar-refractivity contribution in [1.29, 1.82) is 0 Å². The molecule has 1 N–H and O–H groups in total. The molecule has 0 saturated carbocycles. The van der Waals surface area contributed by atoms with Crippen LogP contribution in [0.1, 0.15) is 62.3 Å². The first-order valence-corrected chi connectivity index (χ1v) is 9.95. The van der Waals surface area contributed by atoms with Gasteiger partial charge in [-0.05, 0) is 44.4 Å². The summed E-state index contributed by atoms with van der Waals surface area (Å²) < 4.78 is 28.1. The van der Waals surface area contributed by atoms with Gasteiger partial charge in [0.1, 0.15) is 0 Å². The summed E-state index contributed by atoms with van der Waals surface area (Å²) in [4.78, 5) is 12.4. The van der Waals surface area contributed by atoms with E-state index in [9.17, 15) is 13.2 Å². The number of amides is 1. The van der Waals surface area contributed by atoms with E-state index in [1.165, 1.54) is 6.08 Å². The smallest absolute Gasteiger partial charge is 0.266 e.